The van der Waals surface area contributed by atoms with Crippen LogP contribution in [0.3, 0.4) is 0 Å². The normalized spacial score (nSPS) is 11.8. The zero-order valence-electron chi connectivity index (χ0n) is 9.48. The predicted molar refractivity (Wildman–Crippen MR) is 71.2 cm³/mol. The van der Waals surface area contributed by atoms with Gasteiger partial charge in [-0.1, -0.05) is 55.5 Å². The van der Waals surface area contributed by atoms with E-state index in [0.29, 0.717) is 0 Å². The minimum atomic E-state index is 1.08. The predicted octanol–water partition coefficient (Wildman–Crippen LogP) is 4.62. The Kier molecular flexibility index (Phi) is 3.55. The van der Waals surface area contributed by atoms with Crippen molar-refractivity contribution < 1.29 is 0 Å². The van der Waals surface area contributed by atoms with Crippen LogP contribution in [0.4, 0.5) is 0 Å². The first-order valence-electron chi connectivity index (χ1n) is 5.63. The third-order valence-electron chi connectivity index (χ3n) is 2.48. The number of allylic oxidation sites excluding steroid dienone is 3. The van der Waals surface area contributed by atoms with Gasteiger partial charge in [0.1, 0.15) is 0 Å². The third kappa shape index (κ3) is 2.60. The Hall–Kier alpha value is -1.82. The molecule has 0 saturated carbocycles. The third-order valence-corrected chi connectivity index (χ3v) is 2.48. The molecule has 0 aliphatic carbocycles. The second-order valence-corrected chi connectivity index (χ2v) is 3.73. The van der Waals surface area contributed by atoms with Crippen molar-refractivity contribution in [2.24, 2.45) is 0 Å². The van der Waals surface area contributed by atoms with Gasteiger partial charge in [-0.05, 0) is 41.0 Å². The number of rotatable bonds is 3. The Balaban J connectivity index is 2.26. The fourth-order valence-corrected chi connectivity index (χ4v) is 1.63. The molecule has 16 heavy (non-hydrogen) atoms. The summed E-state index contributed by atoms with van der Waals surface area (Å²) < 4.78 is 0. The van der Waals surface area contributed by atoms with Gasteiger partial charge in [0.25, 0.3) is 0 Å². The average Bonchev–Trinajstić information content (AvgIpc) is 2.34. The van der Waals surface area contributed by atoms with Gasteiger partial charge in [-0.3, -0.25) is 0 Å². The average molecular weight is 207 g/mol. The molecule has 1 radical (unpaired) electrons. The summed E-state index contributed by atoms with van der Waals surface area (Å²) in [6.07, 6.45) is 9.52. The van der Waals surface area contributed by atoms with E-state index in [-0.39, 0.29) is 0 Å². The lowest BCUT2D eigenvalue weighted by Gasteiger charge is -1.98. The van der Waals surface area contributed by atoms with E-state index in [4.69, 9.17) is 0 Å². The molecular weight excluding hydrogens is 192 g/mol. The summed E-state index contributed by atoms with van der Waals surface area (Å²) in [5.74, 6) is 0. The van der Waals surface area contributed by atoms with Gasteiger partial charge in [-0.15, -0.1) is 0 Å². The van der Waals surface area contributed by atoms with E-state index >= 15 is 0 Å². The highest BCUT2D eigenvalue weighted by Gasteiger charge is 1.91. The monoisotopic (exact) mass is 207 g/mol. The van der Waals surface area contributed by atoms with Crippen molar-refractivity contribution in [3.8, 4) is 0 Å². The lowest BCUT2D eigenvalue weighted by Crippen LogP contribution is -1.74. The van der Waals surface area contributed by atoms with Crippen molar-refractivity contribution in [3.05, 3.63) is 66.3 Å². The summed E-state index contributed by atoms with van der Waals surface area (Å²) in [6, 6.07) is 15.6. The summed E-state index contributed by atoms with van der Waals surface area (Å²) >= 11 is 0. The quantitative estimate of drug-likeness (QED) is 0.644. The molecule has 0 bridgehead atoms. The molecule has 0 heterocycles. The molecule has 0 unspecified atom stereocenters. The molecule has 0 nitrogen and oxygen atoms in total. The van der Waals surface area contributed by atoms with Crippen molar-refractivity contribution in [1.29, 1.82) is 0 Å². The fourth-order valence-electron chi connectivity index (χ4n) is 1.63. The first kappa shape index (κ1) is 10.7. The van der Waals surface area contributed by atoms with Crippen LogP contribution in [0.2, 0.25) is 0 Å². The van der Waals surface area contributed by atoms with Gasteiger partial charge in [0.2, 0.25) is 0 Å². The lowest BCUT2D eigenvalue weighted by molar-refractivity contribution is 1.22. The maximum atomic E-state index is 3.09. The number of hydrogen-bond donors (Lipinski definition) is 0. The second kappa shape index (κ2) is 5.32. The van der Waals surface area contributed by atoms with Crippen LogP contribution >= 0.6 is 0 Å². The van der Waals surface area contributed by atoms with Crippen LogP contribution in [0.25, 0.3) is 16.8 Å². The molecule has 0 spiro atoms. The molecule has 0 aliphatic heterocycles. The van der Waals surface area contributed by atoms with E-state index in [2.05, 4.69) is 61.6 Å². The molecule has 0 atom stereocenters. The molecule has 0 saturated heterocycles. The maximum Gasteiger partial charge on any atom is -0.0177 e. The van der Waals surface area contributed by atoms with Gasteiger partial charge in [-0.2, -0.15) is 0 Å². The molecule has 0 fully saturated rings. The van der Waals surface area contributed by atoms with Crippen LogP contribution in [0, 0.1) is 6.07 Å². The van der Waals surface area contributed by atoms with Crippen molar-refractivity contribution >= 4 is 16.8 Å². The van der Waals surface area contributed by atoms with E-state index in [1.165, 1.54) is 16.3 Å². The van der Waals surface area contributed by atoms with E-state index in [1.54, 1.807) is 0 Å². The largest absolute Gasteiger partial charge is 0.0848 e. The topological polar surface area (TPSA) is 0 Å². The minimum Gasteiger partial charge on any atom is -0.0848 e. The summed E-state index contributed by atoms with van der Waals surface area (Å²) in [5.41, 5.74) is 1.24. The molecule has 2 rings (SSSR count). The number of hydrogen-bond acceptors (Lipinski definition) is 0. The Bertz CT molecular complexity index is 518. The molecule has 0 amide bonds. The van der Waals surface area contributed by atoms with Crippen molar-refractivity contribution in [2.75, 3.05) is 0 Å². The van der Waals surface area contributed by atoms with E-state index in [1.807, 2.05) is 12.1 Å². The first-order chi connectivity index (χ1) is 7.90. The first-order valence-corrected chi connectivity index (χ1v) is 5.63. The summed E-state index contributed by atoms with van der Waals surface area (Å²) in [5, 5.41) is 2.50. The van der Waals surface area contributed by atoms with E-state index in [0.717, 1.165) is 6.42 Å². The Morgan fingerprint density at radius 1 is 1.12 bits per heavy atom. The molecular formula is C16H15. The summed E-state index contributed by atoms with van der Waals surface area (Å²) in [4.78, 5) is 0. The van der Waals surface area contributed by atoms with Crippen molar-refractivity contribution in [1.82, 2.24) is 0 Å². The molecule has 2 aromatic carbocycles. The number of fused-ring (bicyclic) bond motifs is 1. The highest BCUT2D eigenvalue weighted by molar-refractivity contribution is 5.84. The van der Waals surface area contributed by atoms with Crippen molar-refractivity contribution in [2.45, 2.75) is 13.3 Å². The Morgan fingerprint density at radius 3 is 2.94 bits per heavy atom. The Morgan fingerprint density at radius 2 is 2.06 bits per heavy atom. The molecule has 0 N–H and O–H groups in total. The molecule has 0 aliphatic rings. The van der Waals surface area contributed by atoms with Crippen LogP contribution in [-0.2, 0) is 0 Å². The molecule has 0 aromatic heterocycles. The van der Waals surface area contributed by atoms with Gasteiger partial charge in [0.05, 0.1) is 0 Å². The highest BCUT2D eigenvalue weighted by Crippen LogP contribution is 2.16. The molecule has 2 aromatic rings. The van der Waals surface area contributed by atoms with Crippen LogP contribution in [0.15, 0.2) is 54.6 Å². The SMILES string of the molecule is CC/C=C/C=C/c1ccc2c[c]ccc2c1. The smallest absolute Gasteiger partial charge is 0.0177 e. The standard InChI is InChI=1S/C16H15/c1-2-3-4-5-8-14-11-12-15-9-6-7-10-16(15)13-14/h3-5,7-13H,2H2,1H3/b4-3+,8-5+. The molecule has 0 heteroatoms. The van der Waals surface area contributed by atoms with Crippen LogP contribution in [-0.4, -0.2) is 0 Å². The number of benzene rings is 2. The zero-order valence-corrected chi connectivity index (χ0v) is 9.48. The van der Waals surface area contributed by atoms with Gasteiger partial charge in [0.15, 0.2) is 0 Å². The summed E-state index contributed by atoms with van der Waals surface area (Å²) in [7, 11) is 0. The van der Waals surface area contributed by atoms with Crippen LogP contribution < -0.4 is 0 Å². The second-order valence-electron chi connectivity index (χ2n) is 3.73. The minimum absolute atomic E-state index is 1.08. The summed E-state index contributed by atoms with van der Waals surface area (Å²) in [6.45, 7) is 2.14. The Labute approximate surface area is 96.9 Å². The van der Waals surface area contributed by atoms with Crippen molar-refractivity contribution in [3.63, 3.8) is 0 Å². The van der Waals surface area contributed by atoms with E-state index in [9.17, 15) is 0 Å². The van der Waals surface area contributed by atoms with E-state index < -0.39 is 0 Å². The maximum absolute atomic E-state index is 3.09. The van der Waals surface area contributed by atoms with Crippen LogP contribution in [0.1, 0.15) is 18.9 Å². The highest BCUT2D eigenvalue weighted by atomic mass is 14.0. The lowest BCUT2D eigenvalue weighted by atomic mass is 10.1. The van der Waals surface area contributed by atoms with Gasteiger partial charge in [-0.25, -0.2) is 0 Å². The van der Waals surface area contributed by atoms with Gasteiger partial charge >= 0.3 is 0 Å². The molecule has 79 valence electrons. The fraction of sp³-hybridized carbons (Fsp3) is 0.125. The van der Waals surface area contributed by atoms with Gasteiger partial charge < -0.3 is 0 Å². The zero-order chi connectivity index (χ0) is 11.2. The van der Waals surface area contributed by atoms with Gasteiger partial charge in [0, 0.05) is 0 Å². The van der Waals surface area contributed by atoms with Crippen LogP contribution in [0.5, 0.6) is 0 Å².